The van der Waals surface area contributed by atoms with Gasteiger partial charge in [0.1, 0.15) is 5.76 Å². The fraction of sp³-hybridized carbons (Fsp3) is 0.357. The number of alkyl halides is 3. The number of hydrogen-bond donors (Lipinski definition) is 1. The smallest absolute Gasteiger partial charge is 0.381 e. The molecular formula is C14H14F3NO4S. The van der Waals surface area contributed by atoms with Crippen LogP contribution in [0.3, 0.4) is 0 Å². The first-order valence-corrected chi connectivity index (χ1v) is 8.15. The molecule has 2 rings (SSSR count). The molecule has 0 bridgehead atoms. The minimum Gasteiger partial charge on any atom is -0.381 e. The van der Waals surface area contributed by atoms with E-state index in [-0.39, 0.29) is 18.1 Å². The van der Waals surface area contributed by atoms with Crippen molar-refractivity contribution in [3.63, 3.8) is 0 Å². The van der Waals surface area contributed by atoms with Gasteiger partial charge in [-0.2, -0.15) is 21.6 Å². The average molecular weight is 349 g/mol. The zero-order valence-electron chi connectivity index (χ0n) is 11.8. The van der Waals surface area contributed by atoms with Crippen LogP contribution in [-0.2, 0) is 14.3 Å². The number of hydrogen-bond acceptors (Lipinski definition) is 4. The number of carbonyl (C=O) groups is 1. The van der Waals surface area contributed by atoms with Crippen molar-refractivity contribution in [3.05, 3.63) is 47.7 Å². The minimum absolute atomic E-state index is 0.117. The Balaban J connectivity index is 1.99. The van der Waals surface area contributed by atoms with Gasteiger partial charge in [0, 0.05) is 18.0 Å². The molecule has 0 saturated carbocycles. The van der Waals surface area contributed by atoms with Crippen LogP contribution in [0, 0.1) is 0 Å². The standard InChI is InChI=1S/C14H14F3NO4S/c15-14(16,17)23(20,21)22-12-8-4-7-11(9-12)18-13(19)10-5-2-1-3-6-10/h1-3,5-6,8,11H,4,7,9H2,(H,18,19). The van der Waals surface area contributed by atoms with Gasteiger partial charge in [-0.05, 0) is 31.1 Å². The minimum atomic E-state index is -5.68. The predicted octanol–water partition coefficient (Wildman–Crippen LogP) is 2.72. The van der Waals surface area contributed by atoms with Crippen molar-refractivity contribution in [2.24, 2.45) is 0 Å². The molecule has 0 radical (unpaired) electrons. The van der Waals surface area contributed by atoms with Crippen LogP contribution >= 0.6 is 0 Å². The third kappa shape index (κ3) is 4.47. The van der Waals surface area contributed by atoms with Crippen molar-refractivity contribution in [1.29, 1.82) is 0 Å². The Morgan fingerprint density at radius 3 is 2.48 bits per heavy atom. The highest BCUT2D eigenvalue weighted by Crippen LogP contribution is 2.29. The van der Waals surface area contributed by atoms with Gasteiger partial charge in [0.2, 0.25) is 0 Å². The highest BCUT2D eigenvalue weighted by Gasteiger charge is 2.49. The largest absolute Gasteiger partial charge is 0.534 e. The van der Waals surface area contributed by atoms with Gasteiger partial charge in [-0.3, -0.25) is 4.79 Å². The summed E-state index contributed by atoms with van der Waals surface area (Å²) in [5, 5.41) is 2.65. The van der Waals surface area contributed by atoms with E-state index >= 15 is 0 Å². The molecule has 1 amide bonds. The van der Waals surface area contributed by atoms with E-state index in [1.165, 1.54) is 6.08 Å². The first kappa shape index (κ1) is 17.3. The highest BCUT2D eigenvalue weighted by atomic mass is 32.2. The Bertz CT molecular complexity index is 698. The van der Waals surface area contributed by atoms with Crippen LogP contribution in [0.5, 0.6) is 0 Å². The maximum Gasteiger partial charge on any atom is 0.534 e. The Labute approximate surface area is 131 Å². The summed E-state index contributed by atoms with van der Waals surface area (Å²) in [6.07, 6.45) is 1.96. The number of rotatable bonds is 4. The summed E-state index contributed by atoms with van der Waals surface area (Å²) in [5.74, 6) is -0.692. The predicted molar refractivity (Wildman–Crippen MR) is 75.7 cm³/mol. The number of halogens is 3. The first-order valence-electron chi connectivity index (χ1n) is 6.75. The van der Waals surface area contributed by atoms with Crippen molar-refractivity contribution in [2.45, 2.75) is 30.8 Å². The first-order chi connectivity index (χ1) is 10.7. The molecule has 1 unspecified atom stereocenters. The number of amides is 1. The average Bonchev–Trinajstić information content (AvgIpc) is 2.47. The molecular weight excluding hydrogens is 335 g/mol. The van der Waals surface area contributed by atoms with E-state index in [9.17, 15) is 26.4 Å². The van der Waals surface area contributed by atoms with E-state index in [2.05, 4.69) is 9.50 Å². The summed E-state index contributed by atoms with van der Waals surface area (Å²) in [7, 11) is -5.68. The molecule has 23 heavy (non-hydrogen) atoms. The third-order valence-corrected chi connectivity index (χ3v) is 4.21. The van der Waals surface area contributed by atoms with Gasteiger partial charge in [0.05, 0.1) is 0 Å². The summed E-state index contributed by atoms with van der Waals surface area (Å²) in [5.41, 5.74) is -5.07. The van der Waals surface area contributed by atoms with Crippen LogP contribution in [0.15, 0.2) is 42.2 Å². The summed E-state index contributed by atoms with van der Waals surface area (Å²) in [4.78, 5) is 12.0. The van der Waals surface area contributed by atoms with Crippen molar-refractivity contribution < 1.29 is 30.6 Å². The van der Waals surface area contributed by atoms with Crippen LogP contribution < -0.4 is 5.32 Å². The maximum atomic E-state index is 12.3. The van der Waals surface area contributed by atoms with Crippen molar-refractivity contribution >= 4 is 16.0 Å². The lowest BCUT2D eigenvalue weighted by atomic mass is 10.00. The number of allylic oxidation sites excluding steroid dienone is 1. The maximum absolute atomic E-state index is 12.3. The molecule has 1 aliphatic carbocycles. The summed E-state index contributed by atoms with van der Waals surface area (Å²) in [6, 6.07) is 7.80. The zero-order chi connectivity index (χ0) is 17.1. The molecule has 1 atom stereocenters. The molecule has 0 aliphatic heterocycles. The van der Waals surface area contributed by atoms with Crippen molar-refractivity contribution in [2.75, 3.05) is 0 Å². The lowest BCUT2D eigenvalue weighted by molar-refractivity contribution is -0.0524. The van der Waals surface area contributed by atoms with E-state index in [4.69, 9.17) is 0 Å². The van der Waals surface area contributed by atoms with Gasteiger partial charge in [-0.15, -0.1) is 0 Å². The summed E-state index contributed by atoms with van der Waals surface area (Å²) in [6.45, 7) is 0. The molecule has 1 aromatic rings. The second-order valence-corrected chi connectivity index (χ2v) is 6.51. The molecule has 126 valence electrons. The fourth-order valence-corrected chi connectivity index (χ4v) is 2.62. The monoisotopic (exact) mass is 349 g/mol. The molecule has 0 saturated heterocycles. The normalized spacial score (nSPS) is 18.9. The highest BCUT2D eigenvalue weighted by molar-refractivity contribution is 7.87. The molecule has 0 spiro atoms. The summed E-state index contributed by atoms with van der Waals surface area (Å²) < 4.78 is 63.0. The van der Waals surface area contributed by atoms with Gasteiger partial charge in [0.15, 0.2) is 0 Å². The molecule has 9 heteroatoms. The number of nitrogens with one attached hydrogen (secondary N) is 1. The Hall–Kier alpha value is -2.03. The van der Waals surface area contributed by atoms with E-state index in [0.717, 1.165) is 0 Å². The Kier molecular flexibility index (Phi) is 4.98. The zero-order valence-corrected chi connectivity index (χ0v) is 12.7. The lowest BCUT2D eigenvalue weighted by Crippen LogP contribution is -2.37. The SMILES string of the molecule is O=C(NC1CCC=C(OS(=O)(=O)C(F)(F)F)C1)c1ccccc1. The van der Waals surface area contributed by atoms with E-state index in [0.29, 0.717) is 18.4 Å². The van der Waals surface area contributed by atoms with E-state index in [1.54, 1.807) is 30.3 Å². The number of carbonyl (C=O) groups excluding carboxylic acids is 1. The molecule has 5 nitrogen and oxygen atoms in total. The van der Waals surface area contributed by atoms with Crippen molar-refractivity contribution in [3.8, 4) is 0 Å². The van der Waals surface area contributed by atoms with Crippen LogP contribution in [-0.4, -0.2) is 25.9 Å². The second-order valence-electron chi connectivity index (χ2n) is 4.97. The van der Waals surface area contributed by atoms with Crippen molar-refractivity contribution in [1.82, 2.24) is 5.32 Å². The van der Waals surface area contributed by atoms with Gasteiger partial charge in [-0.25, -0.2) is 0 Å². The van der Waals surface area contributed by atoms with E-state index in [1.807, 2.05) is 0 Å². The quantitative estimate of drug-likeness (QED) is 0.670. The van der Waals surface area contributed by atoms with Crippen LogP contribution in [0.25, 0.3) is 0 Å². The van der Waals surface area contributed by atoms with Gasteiger partial charge in [-0.1, -0.05) is 18.2 Å². The molecule has 0 fully saturated rings. The molecule has 1 aromatic carbocycles. The third-order valence-electron chi connectivity index (χ3n) is 3.21. The summed E-state index contributed by atoms with van der Waals surface area (Å²) >= 11 is 0. The lowest BCUT2D eigenvalue weighted by Gasteiger charge is -2.23. The van der Waals surface area contributed by atoms with Gasteiger partial charge in [0.25, 0.3) is 5.91 Å². The second kappa shape index (κ2) is 6.61. The van der Waals surface area contributed by atoms with Crippen LogP contribution in [0.2, 0.25) is 0 Å². The molecule has 0 heterocycles. The Morgan fingerprint density at radius 2 is 1.87 bits per heavy atom. The topological polar surface area (TPSA) is 72.5 Å². The van der Waals surface area contributed by atoms with Gasteiger partial charge < -0.3 is 9.50 Å². The Morgan fingerprint density at radius 1 is 1.22 bits per heavy atom. The van der Waals surface area contributed by atoms with Crippen LogP contribution in [0.4, 0.5) is 13.2 Å². The fourth-order valence-electron chi connectivity index (χ4n) is 2.11. The van der Waals surface area contributed by atoms with Crippen LogP contribution in [0.1, 0.15) is 29.6 Å². The molecule has 0 aromatic heterocycles. The molecule has 1 aliphatic rings. The number of benzene rings is 1. The van der Waals surface area contributed by atoms with E-state index < -0.39 is 21.7 Å². The van der Waals surface area contributed by atoms with Gasteiger partial charge >= 0.3 is 15.6 Å². The molecule has 1 N–H and O–H groups in total.